The largest absolute Gasteiger partial charge is 0.464 e. The number of hydrogen-bond acceptors (Lipinski definition) is 12. The van der Waals surface area contributed by atoms with Crippen LogP contribution < -0.4 is 16.1 Å². The maximum absolute atomic E-state index is 14.7. The van der Waals surface area contributed by atoms with E-state index in [1.165, 1.54) is 21.2 Å². The number of fused-ring (bicyclic) bond motifs is 6. The first-order valence-corrected chi connectivity index (χ1v) is 25.0. The van der Waals surface area contributed by atoms with Gasteiger partial charge in [0.2, 0.25) is 11.8 Å². The molecular weight excluding hydrogens is 885 g/mol. The van der Waals surface area contributed by atoms with Crippen molar-refractivity contribution in [3.05, 3.63) is 58.2 Å². The fourth-order valence-electron chi connectivity index (χ4n) is 10.2. The van der Waals surface area contributed by atoms with Gasteiger partial charge in [-0.1, -0.05) is 33.8 Å². The number of urea groups is 1. The van der Waals surface area contributed by atoms with E-state index in [0.717, 1.165) is 57.5 Å². The smallest absolute Gasteiger partial charge is 0.324 e. The second-order valence-corrected chi connectivity index (χ2v) is 20.9. The van der Waals surface area contributed by atoms with Crippen LogP contribution in [0.2, 0.25) is 0 Å². The monoisotopic (exact) mass is 952 g/mol. The first kappa shape index (κ1) is 49.0. The number of esters is 1. The third kappa shape index (κ3) is 10.1. The molecule has 3 N–H and O–H groups in total. The lowest BCUT2D eigenvalue weighted by Crippen LogP contribution is -2.63. The van der Waals surface area contributed by atoms with Gasteiger partial charge in [-0.15, -0.1) is 11.3 Å². The summed E-state index contributed by atoms with van der Waals surface area (Å²) in [4.78, 5) is 85.1. The number of likely N-dealkylation sites (N-methyl/N-ethyl adjacent to an activating group) is 2. The van der Waals surface area contributed by atoms with Crippen molar-refractivity contribution in [1.82, 2.24) is 50.3 Å². The van der Waals surface area contributed by atoms with Crippen molar-refractivity contribution in [3.63, 3.8) is 0 Å². The summed E-state index contributed by atoms with van der Waals surface area (Å²) >= 11 is 1.41. The van der Waals surface area contributed by atoms with Crippen LogP contribution in [0.25, 0.3) is 33.4 Å². The van der Waals surface area contributed by atoms with Crippen molar-refractivity contribution < 1.29 is 33.4 Å². The molecule has 3 saturated heterocycles. The van der Waals surface area contributed by atoms with Crippen LogP contribution in [-0.4, -0.2) is 148 Å². The zero-order valence-corrected chi connectivity index (χ0v) is 41.8. The topological polar surface area (TPSA) is 193 Å². The minimum Gasteiger partial charge on any atom is -0.464 e. The number of pyridine rings is 1. The van der Waals surface area contributed by atoms with E-state index in [9.17, 15) is 24.0 Å². The lowest BCUT2D eigenvalue weighted by Gasteiger charge is -2.41. The van der Waals surface area contributed by atoms with Crippen LogP contribution in [0.5, 0.6) is 0 Å². The molecule has 17 nitrogen and oxygen atoms in total. The molecule has 3 fully saturated rings. The van der Waals surface area contributed by atoms with Gasteiger partial charge in [-0.05, 0) is 81.7 Å². The van der Waals surface area contributed by atoms with Gasteiger partial charge >= 0.3 is 12.0 Å². The number of nitrogens with one attached hydrogen (secondary N) is 3. The van der Waals surface area contributed by atoms with Crippen molar-refractivity contribution in [2.45, 2.75) is 123 Å². The van der Waals surface area contributed by atoms with Crippen LogP contribution in [0.1, 0.15) is 89.6 Å². The molecule has 366 valence electrons. The van der Waals surface area contributed by atoms with E-state index in [1.807, 2.05) is 32.2 Å². The van der Waals surface area contributed by atoms with Gasteiger partial charge in [0.1, 0.15) is 18.1 Å². The molecule has 18 heteroatoms. The molecular formula is C50H68N10O7S. The number of thiazole rings is 1. The van der Waals surface area contributed by atoms with Crippen molar-refractivity contribution in [3.8, 4) is 22.5 Å². The lowest BCUT2D eigenvalue weighted by atomic mass is 9.84. The zero-order chi connectivity index (χ0) is 48.6. The first-order valence-electron chi connectivity index (χ1n) is 24.1. The molecule has 5 amide bonds. The number of piperidine rings is 1. The van der Waals surface area contributed by atoms with Crippen LogP contribution in [0.4, 0.5) is 4.79 Å². The standard InChI is InChI=1S/C50H68N10O7S/c1-10-59-40-18-17-31-22-34(40)35(44(59)33-15-11-19-51-42(33)30(4)66-9)24-50(5,6)28-67-48(64)36-16-13-21-60(55-36)47(63)37(23-41-53-39(31)27-68-41)54-45(61)43(29(2)3)57(8)49(65)58-20-12-14-32(26-58)56(7)46(62)38-25-52-38/h11,15,17-19,22,27,29-30,32,36-38,43,52,55H,10,12-14,16,20-21,23-26,28H2,1-9H3,(H,54,61)/t30-,32+,36-,37-,38-,43-/m0/s1. The summed E-state index contributed by atoms with van der Waals surface area (Å²) in [5, 5.41) is 11.2. The molecule has 6 bridgehead atoms. The molecule has 7 heterocycles. The zero-order valence-electron chi connectivity index (χ0n) is 41.0. The van der Waals surface area contributed by atoms with E-state index in [2.05, 4.69) is 65.7 Å². The molecule has 4 aromatic rings. The Balaban J connectivity index is 1.13. The maximum atomic E-state index is 14.7. The van der Waals surface area contributed by atoms with Crippen LogP contribution in [0.15, 0.2) is 41.9 Å². The maximum Gasteiger partial charge on any atom is 0.324 e. The van der Waals surface area contributed by atoms with Gasteiger partial charge in [-0.2, -0.15) is 0 Å². The minimum absolute atomic E-state index is 0.0220. The number of benzene rings is 1. The molecule has 1 aromatic carbocycles. The number of rotatable bonds is 10. The van der Waals surface area contributed by atoms with Crippen molar-refractivity contribution in [1.29, 1.82) is 0 Å². The molecule has 0 aliphatic carbocycles. The summed E-state index contributed by atoms with van der Waals surface area (Å²) in [6.07, 6.45) is 4.71. The Kier molecular flexibility index (Phi) is 14.6. The van der Waals surface area contributed by atoms with Crippen LogP contribution in [0, 0.1) is 11.3 Å². The summed E-state index contributed by atoms with van der Waals surface area (Å²) in [5.41, 5.74) is 9.29. The number of amides is 5. The van der Waals surface area contributed by atoms with Crippen LogP contribution in [-0.2, 0) is 48.0 Å². The summed E-state index contributed by atoms with van der Waals surface area (Å²) in [5.74, 6) is -1.64. The van der Waals surface area contributed by atoms with E-state index in [1.54, 1.807) is 37.2 Å². The molecule has 68 heavy (non-hydrogen) atoms. The fourth-order valence-corrected chi connectivity index (χ4v) is 11.0. The second-order valence-electron chi connectivity index (χ2n) is 20.0. The third-order valence-electron chi connectivity index (χ3n) is 14.0. The predicted molar refractivity (Wildman–Crippen MR) is 260 cm³/mol. The number of carbonyl (C=O) groups excluding carboxylic acids is 5. The molecule has 3 aromatic heterocycles. The number of carbonyl (C=O) groups is 5. The van der Waals surface area contributed by atoms with Crippen LogP contribution >= 0.6 is 11.3 Å². The molecule has 4 aliphatic heterocycles. The predicted octanol–water partition coefficient (Wildman–Crippen LogP) is 5.17. The highest BCUT2D eigenvalue weighted by molar-refractivity contribution is 7.10. The van der Waals surface area contributed by atoms with Crippen molar-refractivity contribution in [2.24, 2.45) is 11.3 Å². The molecule has 0 spiro atoms. The highest BCUT2D eigenvalue weighted by Gasteiger charge is 2.41. The number of likely N-dealkylation sites (tertiary alicyclic amines) is 1. The number of hydrazine groups is 1. The number of methoxy groups -OCH3 is 1. The average Bonchev–Trinajstić information content (AvgIpc) is 4.02. The van der Waals surface area contributed by atoms with Crippen molar-refractivity contribution in [2.75, 3.05) is 54.0 Å². The SMILES string of the molecule is CCn1c(-c2cccnc2[C@H](C)OC)c2c3cc(ccc31)-c1csc(n1)C[C@H](NC(=O)[C@H](C(C)C)N(C)C(=O)N1CCC[C@@H](N(C)C(=O)[C@@H]3CN3)C1)C(=O)N1CCC[C@H](N1)C(=O)OCC(C)(C)C2. The molecule has 4 aliphatic rings. The molecule has 0 saturated carbocycles. The summed E-state index contributed by atoms with van der Waals surface area (Å²) < 4.78 is 14.3. The van der Waals surface area contributed by atoms with Gasteiger partial charge in [0.05, 0.1) is 40.8 Å². The van der Waals surface area contributed by atoms with Gasteiger partial charge in [0, 0.05) is 105 Å². The number of hydrogen-bond donors (Lipinski definition) is 3. The Morgan fingerprint density at radius 1 is 1.09 bits per heavy atom. The van der Waals surface area contributed by atoms with Crippen LogP contribution in [0.3, 0.4) is 0 Å². The van der Waals surface area contributed by atoms with Gasteiger partial charge in [-0.3, -0.25) is 29.2 Å². The Bertz CT molecular complexity index is 2540. The van der Waals surface area contributed by atoms with E-state index in [-0.39, 0.29) is 49.1 Å². The number of nitrogens with zero attached hydrogens (tertiary/aromatic N) is 7. The number of aromatic nitrogens is 3. The Morgan fingerprint density at radius 2 is 1.85 bits per heavy atom. The van der Waals surface area contributed by atoms with Gasteiger partial charge in [0.25, 0.3) is 5.91 Å². The summed E-state index contributed by atoms with van der Waals surface area (Å²) in [6.45, 7) is 14.7. The summed E-state index contributed by atoms with van der Waals surface area (Å²) in [6, 6.07) is 7.02. The molecule has 8 rings (SSSR count). The molecule has 0 unspecified atom stereocenters. The molecule has 0 radical (unpaired) electrons. The second kappa shape index (κ2) is 20.3. The van der Waals surface area contributed by atoms with E-state index >= 15 is 0 Å². The normalized spacial score (nSPS) is 22.9. The van der Waals surface area contributed by atoms with E-state index in [4.69, 9.17) is 19.4 Å². The fraction of sp³-hybridized carbons (Fsp3) is 0.580. The number of cyclic esters (lactones) is 1. The third-order valence-corrected chi connectivity index (χ3v) is 14.9. The Hall–Kier alpha value is -5.43. The first-order chi connectivity index (χ1) is 32.5. The van der Waals surface area contributed by atoms with E-state index < -0.39 is 41.3 Å². The average molecular weight is 953 g/mol. The number of ether oxygens (including phenoxy) is 2. The Morgan fingerprint density at radius 3 is 2.57 bits per heavy atom. The van der Waals surface area contributed by atoms with Gasteiger partial charge in [-0.25, -0.2) is 15.2 Å². The van der Waals surface area contributed by atoms with Gasteiger partial charge < -0.3 is 39.4 Å². The highest BCUT2D eigenvalue weighted by Crippen LogP contribution is 2.42. The quantitative estimate of drug-likeness (QED) is 0.140. The van der Waals surface area contributed by atoms with E-state index in [0.29, 0.717) is 57.0 Å². The highest BCUT2D eigenvalue weighted by atomic mass is 32.1. The van der Waals surface area contributed by atoms with Gasteiger partial charge in [0.15, 0.2) is 0 Å². The molecule has 6 atom stereocenters. The summed E-state index contributed by atoms with van der Waals surface area (Å²) in [7, 11) is 5.10. The minimum atomic E-state index is -1.08. The number of aryl methyl sites for hydroxylation is 1. The lowest BCUT2D eigenvalue weighted by molar-refractivity contribution is -0.155. The van der Waals surface area contributed by atoms with Crippen molar-refractivity contribution >= 4 is 52.0 Å². The Labute approximate surface area is 403 Å².